The molecule has 1 heterocycles. The second-order valence-electron chi connectivity index (χ2n) is 2.22. The van der Waals surface area contributed by atoms with Crippen molar-refractivity contribution in [1.29, 1.82) is 5.26 Å². The van der Waals surface area contributed by atoms with Gasteiger partial charge in [0.15, 0.2) is 0 Å². The van der Waals surface area contributed by atoms with Crippen molar-refractivity contribution in [3.05, 3.63) is 35.7 Å². The third-order valence-corrected chi connectivity index (χ3v) is 1.35. The van der Waals surface area contributed by atoms with Crippen LogP contribution in [0.15, 0.2) is 24.4 Å². The van der Waals surface area contributed by atoms with Crippen LogP contribution in [0.25, 0.3) is 6.08 Å². The lowest BCUT2D eigenvalue weighted by molar-refractivity contribution is -0.131. The number of carboxylic acids is 1. The first-order valence-corrected chi connectivity index (χ1v) is 3.50. The molecule has 0 spiro atoms. The fourth-order valence-electron chi connectivity index (χ4n) is 0.807. The summed E-state index contributed by atoms with van der Waals surface area (Å²) in [6.45, 7) is 0. The number of rotatable bonds is 2. The molecule has 0 aliphatic carbocycles. The van der Waals surface area contributed by atoms with Crippen LogP contribution in [0.5, 0.6) is 0 Å². The molecule has 0 unspecified atom stereocenters. The largest absolute Gasteiger partial charge is 0.478 e. The van der Waals surface area contributed by atoms with Gasteiger partial charge in [0.25, 0.3) is 0 Å². The number of nitriles is 1. The number of aromatic nitrogens is 1. The van der Waals surface area contributed by atoms with E-state index in [1.807, 2.05) is 6.07 Å². The zero-order valence-corrected chi connectivity index (χ0v) is 6.64. The summed E-state index contributed by atoms with van der Waals surface area (Å²) in [5.74, 6) is -1.05. The highest BCUT2D eigenvalue weighted by molar-refractivity contribution is 5.85. The molecule has 0 aliphatic heterocycles. The highest BCUT2D eigenvalue weighted by Gasteiger charge is 1.97. The van der Waals surface area contributed by atoms with Crippen molar-refractivity contribution >= 4 is 12.0 Å². The molecule has 1 aromatic rings. The van der Waals surface area contributed by atoms with Crippen molar-refractivity contribution < 1.29 is 9.90 Å². The third kappa shape index (κ3) is 2.42. The summed E-state index contributed by atoms with van der Waals surface area (Å²) >= 11 is 0. The second kappa shape index (κ2) is 4.02. The molecular formula is C9H6N2O2. The second-order valence-corrected chi connectivity index (χ2v) is 2.22. The molecule has 0 saturated carbocycles. The minimum absolute atomic E-state index is 0.222. The van der Waals surface area contributed by atoms with Gasteiger partial charge in [0, 0.05) is 17.8 Å². The summed E-state index contributed by atoms with van der Waals surface area (Å²) in [6.07, 6.45) is 3.79. The van der Waals surface area contributed by atoms with Crippen molar-refractivity contribution in [2.24, 2.45) is 0 Å². The molecule has 0 bridgehead atoms. The molecule has 0 aromatic carbocycles. The molecule has 4 heteroatoms. The lowest BCUT2D eigenvalue weighted by Crippen LogP contribution is -1.89. The van der Waals surface area contributed by atoms with Crippen LogP contribution in [0.4, 0.5) is 0 Å². The normalized spacial score (nSPS) is 9.77. The predicted molar refractivity (Wildman–Crippen MR) is 45.6 cm³/mol. The van der Waals surface area contributed by atoms with Gasteiger partial charge in [-0.05, 0) is 12.1 Å². The Balaban J connectivity index is 3.02. The van der Waals surface area contributed by atoms with Crippen molar-refractivity contribution in [2.75, 3.05) is 0 Å². The van der Waals surface area contributed by atoms with Crippen LogP contribution in [0, 0.1) is 11.3 Å². The van der Waals surface area contributed by atoms with E-state index < -0.39 is 5.97 Å². The summed E-state index contributed by atoms with van der Waals surface area (Å²) in [5, 5.41) is 16.9. The molecule has 1 rings (SSSR count). The standard InChI is InChI=1S/C9H6N2O2/c10-6-8-7(2-1-5-11-8)3-4-9(12)13/h1-5H,(H,12,13). The average Bonchev–Trinajstić information content (AvgIpc) is 2.15. The van der Waals surface area contributed by atoms with Crippen molar-refractivity contribution in [3.63, 3.8) is 0 Å². The highest BCUT2D eigenvalue weighted by Crippen LogP contribution is 2.05. The van der Waals surface area contributed by atoms with Crippen LogP contribution >= 0.6 is 0 Å². The van der Waals surface area contributed by atoms with Crippen LogP contribution in [0.1, 0.15) is 11.3 Å². The number of carbonyl (C=O) groups is 1. The van der Waals surface area contributed by atoms with Gasteiger partial charge in [0.2, 0.25) is 0 Å². The van der Waals surface area contributed by atoms with Gasteiger partial charge >= 0.3 is 5.97 Å². The first kappa shape index (κ1) is 8.94. The molecule has 4 nitrogen and oxygen atoms in total. The molecule has 0 radical (unpaired) electrons. The molecular weight excluding hydrogens is 168 g/mol. The minimum Gasteiger partial charge on any atom is -0.478 e. The fourth-order valence-corrected chi connectivity index (χ4v) is 0.807. The summed E-state index contributed by atoms with van der Waals surface area (Å²) in [7, 11) is 0. The number of pyridine rings is 1. The number of hydrogen-bond donors (Lipinski definition) is 1. The molecule has 0 amide bonds. The average molecular weight is 174 g/mol. The maximum atomic E-state index is 10.2. The van der Waals surface area contributed by atoms with Gasteiger partial charge in [0.05, 0.1) is 0 Å². The van der Waals surface area contributed by atoms with Crippen LogP contribution in [0.3, 0.4) is 0 Å². The number of aliphatic carboxylic acids is 1. The zero-order chi connectivity index (χ0) is 9.68. The summed E-state index contributed by atoms with van der Waals surface area (Å²) in [6, 6.07) is 5.14. The number of carboxylic acid groups (broad SMARTS) is 1. The monoisotopic (exact) mass is 174 g/mol. The first-order valence-electron chi connectivity index (χ1n) is 3.50. The molecule has 0 saturated heterocycles. The van der Waals surface area contributed by atoms with E-state index in [1.54, 1.807) is 12.1 Å². The SMILES string of the molecule is N#Cc1ncccc1C=CC(=O)O. The van der Waals surface area contributed by atoms with Gasteiger partial charge in [-0.3, -0.25) is 0 Å². The molecule has 64 valence electrons. The van der Waals surface area contributed by atoms with Crippen molar-refractivity contribution in [1.82, 2.24) is 4.98 Å². The van der Waals surface area contributed by atoms with Crippen molar-refractivity contribution in [2.45, 2.75) is 0 Å². The lowest BCUT2D eigenvalue weighted by atomic mass is 10.2. The Labute approximate surface area is 74.8 Å². The number of nitrogens with zero attached hydrogens (tertiary/aromatic N) is 2. The minimum atomic E-state index is -1.05. The predicted octanol–water partition coefficient (Wildman–Crippen LogP) is 1.05. The summed E-state index contributed by atoms with van der Waals surface area (Å²) in [4.78, 5) is 14.0. The van der Waals surface area contributed by atoms with Crippen LogP contribution < -0.4 is 0 Å². The Morgan fingerprint density at radius 1 is 1.69 bits per heavy atom. The van der Waals surface area contributed by atoms with Crippen molar-refractivity contribution in [3.8, 4) is 6.07 Å². The maximum Gasteiger partial charge on any atom is 0.328 e. The van der Waals surface area contributed by atoms with Crippen LogP contribution in [-0.2, 0) is 4.79 Å². The van der Waals surface area contributed by atoms with Crippen LogP contribution in [0.2, 0.25) is 0 Å². The Hall–Kier alpha value is -2.15. The van der Waals surface area contributed by atoms with Gasteiger partial charge in [-0.2, -0.15) is 5.26 Å². The maximum absolute atomic E-state index is 10.2. The molecule has 1 N–H and O–H groups in total. The Kier molecular flexibility index (Phi) is 2.77. The van der Waals surface area contributed by atoms with E-state index in [1.165, 1.54) is 12.3 Å². The number of hydrogen-bond acceptors (Lipinski definition) is 3. The quantitative estimate of drug-likeness (QED) is 0.680. The van der Waals surface area contributed by atoms with E-state index in [0.717, 1.165) is 6.08 Å². The highest BCUT2D eigenvalue weighted by atomic mass is 16.4. The van der Waals surface area contributed by atoms with Gasteiger partial charge in [-0.25, -0.2) is 9.78 Å². The molecule has 1 aromatic heterocycles. The smallest absolute Gasteiger partial charge is 0.328 e. The summed E-state index contributed by atoms with van der Waals surface area (Å²) in [5.41, 5.74) is 0.729. The van der Waals surface area contributed by atoms with E-state index in [9.17, 15) is 4.79 Å². The molecule has 0 fully saturated rings. The van der Waals surface area contributed by atoms with E-state index in [-0.39, 0.29) is 5.69 Å². The fraction of sp³-hybridized carbons (Fsp3) is 0. The van der Waals surface area contributed by atoms with Gasteiger partial charge in [-0.15, -0.1) is 0 Å². The Morgan fingerprint density at radius 3 is 3.08 bits per heavy atom. The van der Waals surface area contributed by atoms with E-state index in [2.05, 4.69) is 4.98 Å². The Morgan fingerprint density at radius 2 is 2.46 bits per heavy atom. The van der Waals surface area contributed by atoms with E-state index in [0.29, 0.717) is 5.56 Å². The third-order valence-electron chi connectivity index (χ3n) is 1.35. The van der Waals surface area contributed by atoms with E-state index in [4.69, 9.17) is 10.4 Å². The molecule has 0 aliphatic rings. The summed E-state index contributed by atoms with van der Waals surface area (Å²) < 4.78 is 0. The van der Waals surface area contributed by atoms with Gasteiger partial charge in [-0.1, -0.05) is 6.07 Å². The molecule has 0 atom stereocenters. The van der Waals surface area contributed by atoms with Crippen LogP contribution in [-0.4, -0.2) is 16.1 Å². The van der Waals surface area contributed by atoms with Gasteiger partial charge in [0.1, 0.15) is 11.8 Å². The van der Waals surface area contributed by atoms with E-state index >= 15 is 0 Å². The van der Waals surface area contributed by atoms with Gasteiger partial charge < -0.3 is 5.11 Å². The first-order chi connectivity index (χ1) is 6.24. The lowest BCUT2D eigenvalue weighted by Gasteiger charge is -1.93. The Bertz CT molecular complexity index is 391. The zero-order valence-electron chi connectivity index (χ0n) is 6.64. The molecule has 13 heavy (non-hydrogen) atoms. The topological polar surface area (TPSA) is 74.0 Å².